The van der Waals surface area contributed by atoms with Gasteiger partial charge in [-0.1, -0.05) is 11.6 Å². The van der Waals surface area contributed by atoms with E-state index in [2.05, 4.69) is 0 Å². The molecule has 1 aliphatic heterocycles. The van der Waals surface area contributed by atoms with Crippen LogP contribution in [0.3, 0.4) is 0 Å². The Morgan fingerprint density at radius 3 is 2.79 bits per heavy atom. The van der Waals surface area contributed by atoms with Crippen molar-refractivity contribution < 1.29 is 8.42 Å². The van der Waals surface area contributed by atoms with E-state index < -0.39 is 10.0 Å². The number of sulfonamides is 1. The Labute approximate surface area is 129 Å². The predicted octanol–water partition coefficient (Wildman–Crippen LogP) is 2.49. The molecule has 1 fully saturated rings. The molecule has 2 heterocycles. The van der Waals surface area contributed by atoms with E-state index in [-0.39, 0.29) is 18.3 Å². The topological polar surface area (TPSA) is 63.4 Å². The molecular weight excluding hydrogens is 327 g/mol. The largest absolute Gasteiger partial charge is 0.330 e. The van der Waals surface area contributed by atoms with Crippen molar-refractivity contribution in [2.45, 2.75) is 24.0 Å². The standard InChI is InChI=1S/C11H17ClN2O2S2.ClH/c1-8-5-10(17-11(8)12)18(15,16)14-4-2-3-9(6-13)7-14;/h5,9H,2-4,6-7,13H2,1H3;1H. The van der Waals surface area contributed by atoms with E-state index in [0.717, 1.165) is 29.7 Å². The van der Waals surface area contributed by atoms with Crippen molar-refractivity contribution in [1.82, 2.24) is 4.31 Å². The molecule has 2 rings (SSSR count). The second-order valence-electron chi connectivity index (χ2n) is 4.63. The highest BCUT2D eigenvalue weighted by molar-refractivity contribution is 7.91. The third-order valence-corrected chi connectivity index (χ3v) is 7.11. The van der Waals surface area contributed by atoms with Crippen LogP contribution in [0.4, 0.5) is 0 Å². The minimum Gasteiger partial charge on any atom is -0.330 e. The minimum absolute atomic E-state index is 0. The molecular formula is C11H18Cl2N2O2S2. The molecule has 1 aromatic heterocycles. The molecule has 0 bridgehead atoms. The number of nitrogens with two attached hydrogens (primary N) is 1. The summed E-state index contributed by atoms with van der Waals surface area (Å²) in [7, 11) is -3.39. The van der Waals surface area contributed by atoms with E-state index in [1.54, 1.807) is 6.07 Å². The molecule has 1 aliphatic rings. The maximum absolute atomic E-state index is 12.5. The van der Waals surface area contributed by atoms with Crippen LogP contribution in [0.1, 0.15) is 18.4 Å². The van der Waals surface area contributed by atoms with Gasteiger partial charge in [-0.2, -0.15) is 4.31 Å². The highest BCUT2D eigenvalue weighted by Gasteiger charge is 2.31. The summed E-state index contributed by atoms with van der Waals surface area (Å²) in [4.78, 5) is 0. The van der Waals surface area contributed by atoms with Gasteiger partial charge in [-0.15, -0.1) is 23.7 Å². The van der Waals surface area contributed by atoms with Gasteiger partial charge >= 0.3 is 0 Å². The number of piperidine rings is 1. The maximum atomic E-state index is 12.5. The van der Waals surface area contributed by atoms with E-state index in [1.807, 2.05) is 6.92 Å². The lowest BCUT2D eigenvalue weighted by molar-refractivity contribution is 0.272. The molecule has 0 saturated carbocycles. The van der Waals surface area contributed by atoms with Crippen LogP contribution in [0.15, 0.2) is 10.3 Å². The van der Waals surface area contributed by atoms with Gasteiger partial charge in [0.05, 0.1) is 4.34 Å². The molecule has 1 saturated heterocycles. The van der Waals surface area contributed by atoms with E-state index >= 15 is 0 Å². The molecule has 2 N–H and O–H groups in total. The lowest BCUT2D eigenvalue weighted by atomic mass is 10.0. The van der Waals surface area contributed by atoms with Crippen LogP contribution in [0, 0.1) is 12.8 Å². The number of hydrogen-bond acceptors (Lipinski definition) is 4. The van der Waals surface area contributed by atoms with Gasteiger partial charge in [0, 0.05) is 13.1 Å². The van der Waals surface area contributed by atoms with Crippen molar-refractivity contribution in [2.75, 3.05) is 19.6 Å². The van der Waals surface area contributed by atoms with E-state index in [0.29, 0.717) is 28.2 Å². The number of rotatable bonds is 3. The van der Waals surface area contributed by atoms with Gasteiger partial charge in [-0.05, 0) is 43.9 Å². The van der Waals surface area contributed by atoms with Crippen LogP contribution < -0.4 is 5.73 Å². The summed E-state index contributed by atoms with van der Waals surface area (Å²) in [6.07, 6.45) is 1.88. The molecule has 1 aromatic rings. The quantitative estimate of drug-likeness (QED) is 0.915. The Hall–Kier alpha value is 0.150. The molecule has 110 valence electrons. The Morgan fingerprint density at radius 1 is 1.58 bits per heavy atom. The average Bonchev–Trinajstić information content (AvgIpc) is 2.70. The molecule has 0 spiro atoms. The van der Waals surface area contributed by atoms with Crippen molar-refractivity contribution in [3.8, 4) is 0 Å². The molecule has 4 nitrogen and oxygen atoms in total. The van der Waals surface area contributed by atoms with Crippen molar-refractivity contribution >= 4 is 45.4 Å². The average molecular weight is 345 g/mol. The first kappa shape index (κ1) is 17.2. The maximum Gasteiger partial charge on any atom is 0.252 e. The fourth-order valence-corrected chi connectivity index (χ4v) is 5.54. The van der Waals surface area contributed by atoms with Gasteiger partial charge in [-0.25, -0.2) is 8.42 Å². The summed E-state index contributed by atoms with van der Waals surface area (Å²) in [6, 6.07) is 1.65. The first-order valence-electron chi connectivity index (χ1n) is 5.91. The molecule has 8 heteroatoms. The summed E-state index contributed by atoms with van der Waals surface area (Å²) in [5.74, 6) is 0.269. The molecule has 0 aliphatic carbocycles. The highest BCUT2D eigenvalue weighted by Crippen LogP contribution is 2.33. The van der Waals surface area contributed by atoms with Crippen LogP contribution in [0.25, 0.3) is 0 Å². The lowest BCUT2D eigenvalue weighted by Gasteiger charge is -2.30. The highest BCUT2D eigenvalue weighted by atomic mass is 35.5. The molecule has 1 unspecified atom stereocenters. The monoisotopic (exact) mass is 344 g/mol. The second-order valence-corrected chi connectivity index (χ2v) is 8.45. The third-order valence-electron chi connectivity index (χ3n) is 3.24. The zero-order valence-corrected chi connectivity index (χ0v) is 13.8. The minimum atomic E-state index is -3.39. The number of thiophene rings is 1. The number of halogens is 2. The van der Waals surface area contributed by atoms with Crippen LogP contribution in [0.5, 0.6) is 0 Å². The van der Waals surface area contributed by atoms with Crippen LogP contribution in [-0.2, 0) is 10.0 Å². The first-order chi connectivity index (χ1) is 8.45. The summed E-state index contributed by atoms with van der Waals surface area (Å²) < 4.78 is 27.3. The molecule has 0 aromatic carbocycles. The van der Waals surface area contributed by atoms with Crippen LogP contribution in [-0.4, -0.2) is 32.4 Å². The van der Waals surface area contributed by atoms with Crippen LogP contribution in [0.2, 0.25) is 4.34 Å². The molecule has 19 heavy (non-hydrogen) atoms. The number of hydrogen-bond donors (Lipinski definition) is 1. The van der Waals surface area contributed by atoms with Gasteiger partial charge in [0.1, 0.15) is 4.21 Å². The molecule has 1 atom stereocenters. The Bertz CT molecular complexity index is 511. The first-order valence-corrected chi connectivity index (χ1v) is 8.54. The van der Waals surface area contributed by atoms with Crippen molar-refractivity contribution in [1.29, 1.82) is 0 Å². The third kappa shape index (κ3) is 3.62. The fourth-order valence-electron chi connectivity index (χ4n) is 2.12. The van der Waals surface area contributed by atoms with Gasteiger partial charge in [-0.3, -0.25) is 0 Å². The number of aryl methyl sites for hydroxylation is 1. The van der Waals surface area contributed by atoms with Gasteiger partial charge in [0.15, 0.2) is 0 Å². The van der Waals surface area contributed by atoms with Crippen LogP contribution >= 0.6 is 35.3 Å². The van der Waals surface area contributed by atoms with E-state index in [4.69, 9.17) is 17.3 Å². The summed E-state index contributed by atoms with van der Waals surface area (Å²) >= 11 is 7.07. The molecule has 0 amide bonds. The Morgan fingerprint density at radius 2 is 2.26 bits per heavy atom. The zero-order chi connectivity index (χ0) is 13.3. The van der Waals surface area contributed by atoms with Gasteiger partial charge in [0.2, 0.25) is 0 Å². The van der Waals surface area contributed by atoms with E-state index in [1.165, 1.54) is 4.31 Å². The summed E-state index contributed by atoms with van der Waals surface area (Å²) in [5, 5.41) is 0. The Balaban J connectivity index is 0.00000180. The summed E-state index contributed by atoms with van der Waals surface area (Å²) in [6.45, 7) is 3.45. The van der Waals surface area contributed by atoms with Crippen molar-refractivity contribution in [2.24, 2.45) is 11.7 Å². The van der Waals surface area contributed by atoms with Crippen molar-refractivity contribution in [3.05, 3.63) is 16.0 Å². The van der Waals surface area contributed by atoms with E-state index in [9.17, 15) is 8.42 Å². The predicted molar refractivity (Wildman–Crippen MR) is 81.9 cm³/mol. The van der Waals surface area contributed by atoms with Crippen molar-refractivity contribution in [3.63, 3.8) is 0 Å². The zero-order valence-electron chi connectivity index (χ0n) is 10.6. The molecule has 0 radical (unpaired) electrons. The van der Waals surface area contributed by atoms with Gasteiger partial charge < -0.3 is 5.73 Å². The SMILES string of the molecule is Cc1cc(S(=O)(=O)N2CCCC(CN)C2)sc1Cl.Cl. The second kappa shape index (κ2) is 6.74. The number of nitrogens with zero attached hydrogens (tertiary/aromatic N) is 1. The normalized spacial score (nSPS) is 21.1. The fraction of sp³-hybridized carbons (Fsp3) is 0.636. The summed E-state index contributed by atoms with van der Waals surface area (Å²) in [5.41, 5.74) is 6.45. The van der Waals surface area contributed by atoms with Gasteiger partial charge in [0.25, 0.3) is 10.0 Å². The lowest BCUT2D eigenvalue weighted by Crippen LogP contribution is -2.41. The Kier molecular flexibility index (Phi) is 6.10. The smallest absolute Gasteiger partial charge is 0.252 e.